The van der Waals surface area contributed by atoms with Gasteiger partial charge in [-0.3, -0.25) is 9.59 Å². The molecular formula is C34H40O8. The number of esters is 1. The molecule has 1 unspecified atom stereocenters. The molecule has 3 heterocycles. The van der Waals surface area contributed by atoms with Crippen molar-refractivity contribution >= 4 is 23.6 Å². The van der Waals surface area contributed by atoms with E-state index in [1.807, 2.05) is 59.8 Å². The van der Waals surface area contributed by atoms with Crippen LogP contribution in [0.5, 0.6) is 17.2 Å². The van der Waals surface area contributed by atoms with Gasteiger partial charge in [0.05, 0.1) is 24.2 Å². The van der Waals surface area contributed by atoms with E-state index in [4.69, 9.17) is 18.9 Å². The summed E-state index contributed by atoms with van der Waals surface area (Å²) in [7, 11) is 1.31. The number of carbonyl (C=O) groups is 3. The Hall–Kier alpha value is -3.39. The van der Waals surface area contributed by atoms with Gasteiger partial charge in [0, 0.05) is 29.4 Å². The maximum atomic E-state index is 14.7. The zero-order valence-corrected chi connectivity index (χ0v) is 25.7. The molecule has 6 aliphatic rings. The Morgan fingerprint density at radius 2 is 1.79 bits per heavy atom. The first kappa shape index (κ1) is 28.7. The van der Waals surface area contributed by atoms with E-state index in [1.54, 1.807) is 13.0 Å². The van der Waals surface area contributed by atoms with Crippen molar-refractivity contribution in [2.75, 3.05) is 7.11 Å². The highest BCUT2D eigenvalue weighted by Crippen LogP contribution is 2.70. The largest absolute Gasteiger partial charge is 0.506 e. The van der Waals surface area contributed by atoms with Gasteiger partial charge in [-0.2, -0.15) is 0 Å². The second-order valence-corrected chi connectivity index (χ2v) is 13.8. The molecule has 8 heteroatoms. The van der Waals surface area contributed by atoms with E-state index in [0.29, 0.717) is 41.7 Å². The Kier molecular flexibility index (Phi) is 6.19. The summed E-state index contributed by atoms with van der Waals surface area (Å²) in [5.74, 6) is -1.64. The summed E-state index contributed by atoms with van der Waals surface area (Å²) >= 11 is 0. The van der Waals surface area contributed by atoms with Gasteiger partial charge >= 0.3 is 5.97 Å². The van der Waals surface area contributed by atoms with Gasteiger partial charge in [-0.15, -0.1) is 0 Å². The molecule has 0 aromatic heterocycles. The number of rotatable bonds is 5. The number of Topliss-reactive ketones (excluding diaryl/α,β-unsaturated/α-hetero) is 2. The summed E-state index contributed by atoms with van der Waals surface area (Å²) in [5.41, 5.74) is -1.56. The number of methoxy groups -OCH3 is 1. The highest BCUT2D eigenvalue weighted by atomic mass is 16.6. The number of hydrogen-bond donors (Lipinski definition) is 1. The smallest absolute Gasteiger partial charge is 0.333 e. The van der Waals surface area contributed by atoms with Gasteiger partial charge in [0.15, 0.2) is 22.8 Å². The number of phenolic OH excluding ortho intramolecular Hbond substituents is 1. The van der Waals surface area contributed by atoms with E-state index >= 15 is 0 Å². The van der Waals surface area contributed by atoms with Crippen LogP contribution in [0.2, 0.25) is 0 Å². The van der Waals surface area contributed by atoms with Crippen molar-refractivity contribution in [3.8, 4) is 17.2 Å². The molecule has 3 aliphatic carbocycles. The third-order valence-corrected chi connectivity index (χ3v) is 10.0. The minimum atomic E-state index is -1.49. The summed E-state index contributed by atoms with van der Waals surface area (Å²) in [6.45, 7) is 13.4. The molecule has 224 valence electrons. The van der Waals surface area contributed by atoms with Gasteiger partial charge in [-0.1, -0.05) is 17.7 Å². The van der Waals surface area contributed by atoms with Crippen LogP contribution in [0.4, 0.5) is 0 Å². The van der Waals surface area contributed by atoms with Gasteiger partial charge < -0.3 is 24.1 Å². The van der Waals surface area contributed by atoms with Crippen molar-refractivity contribution in [2.45, 2.75) is 96.6 Å². The van der Waals surface area contributed by atoms with Crippen LogP contribution in [0.25, 0.3) is 6.08 Å². The Morgan fingerprint density at radius 3 is 2.45 bits per heavy atom. The van der Waals surface area contributed by atoms with Crippen molar-refractivity contribution in [3.63, 3.8) is 0 Å². The van der Waals surface area contributed by atoms with Gasteiger partial charge in [-0.25, -0.2) is 4.79 Å². The molecule has 1 N–H and O–H groups in total. The van der Waals surface area contributed by atoms with Crippen LogP contribution in [0, 0.1) is 17.8 Å². The minimum Gasteiger partial charge on any atom is -0.506 e. The Balaban J connectivity index is 1.62. The van der Waals surface area contributed by atoms with Crippen molar-refractivity contribution in [1.82, 2.24) is 0 Å². The number of ether oxygens (including phenoxy) is 4. The fourth-order valence-electron chi connectivity index (χ4n) is 8.17. The normalized spacial score (nSPS) is 32.8. The number of aromatic hydroxyl groups is 1. The van der Waals surface area contributed by atoms with Crippen LogP contribution < -0.4 is 9.47 Å². The average Bonchev–Trinajstić information content (AvgIpc) is 3.07. The number of ketones is 2. The lowest BCUT2D eigenvalue weighted by Crippen LogP contribution is -2.76. The second kappa shape index (κ2) is 9.06. The summed E-state index contributed by atoms with van der Waals surface area (Å²) < 4.78 is 25.3. The molecule has 0 radical (unpaired) electrons. The van der Waals surface area contributed by atoms with E-state index in [1.165, 1.54) is 7.11 Å². The zero-order valence-electron chi connectivity index (χ0n) is 25.7. The molecule has 42 heavy (non-hydrogen) atoms. The van der Waals surface area contributed by atoms with E-state index in [-0.39, 0.29) is 41.0 Å². The predicted octanol–water partition coefficient (Wildman–Crippen LogP) is 5.68. The summed E-state index contributed by atoms with van der Waals surface area (Å²) in [6.07, 6.45) is 8.72. The Labute approximate surface area is 246 Å². The molecule has 1 aromatic rings. The Bertz CT molecular complexity index is 1520. The first-order chi connectivity index (χ1) is 19.6. The predicted molar refractivity (Wildman–Crippen MR) is 156 cm³/mol. The molecule has 3 aliphatic heterocycles. The van der Waals surface area contributed by atoms with E-state index in [0.717, 1.165) is 5.57 Å². The molecule has 8 nitrogen and oxygen atoms in total. The van der Waals surface area contributed by atoms with Gasteiger partial charge in [-0.05, 0) is 79.9 Å². The number of phenols is 1. The summed E-state index contributed by atoms with van der Waals surface area (Å²) in [5, 5.41) is 11.6. The quantitative estimate of drug-likeness (QED) is 0.271. The Morgan fingerprint density at radius 1 is 1.07 bits per heavy atom. The topological polar surface area (TPSA) is 108 Å². The number of allylic oxidation sites excluding steroid dienone is 2. The molecule has 1 saturated heterocycles. The number of benzene rings is 1. The molecular weight excluding hydrogens is 536 g/mol. The summed E-state index contributed by atoms with van der Waals surface area (Å²) in [6, 6.07) is 0. The van der Waals surface area contributed by atoms with Gasteiger partial charge in [0.1, 0.15) is 28.4 Å². The zero-order chi connectivity index (χ0) is 30.6. The molecule has 5 atom stereocenters. The number of fused-ring (bicyclic) bond motifs is 2. The standard InChI is InChI=1S/C34H40O8/c1-17(2)9-10-21-27-20(12-13-31(4,5)40-27)25(35)24-26(36)22-15-19-16-23-32(6,7)42-33(29(19)37,34(22,23)41-28(21)24)14-11-18(3)30(38)39-8/h9,11-13,19,22-23,35H,10,14-16H2,1-8H3/t19-,22?,23+,33+,34-/m1/s1. The second-order valence-electron chi connectivity index (χ2n) is 13.8. The van der Waals surface area contributed by atoms with E-state index < -0.39 is 40.2 Å². The van der Waals surface area contributed by atoms with E-state index in [2.05, 4.69) is 0 Å². The monoisotopic (exact) mass is 576 g/mol. The first-order valence-corrected chi connectivity index (χ1v) is 14.8. The lowest BCUT2D eigenvalue weighted by molar-refractivity contribution is -0.199. The third kappa shape index (κ3) is 3.66. The van der Waals surface area contributed by atoms with Crippen LogP contribution in [-0.2, 0) is 25.5 Å². The van der Waals surface area contributed by atoms with Gasteiger partial charge in [0.2, 0.25) is 0 Å². The maximum Gasteiger partial charge on any atom is 0.333 e. The lowest BCUT2D eigenvalue weighted by Gasteiger charge is -2.60. The fourth-order valence-corrected chi connectivity index (χ4v) is 8.17. The third-order valence-electron chi connectivity index (χ3n) is 10.0. The minimum absolute atomic E-state index is 0.0643. The number of hydrogen-bond acceptors (Lipinski definition) is 8. The molecule has 4 bridgehead atoms. The highest BCUT2D eigenvalue weighted by molar-refractivity contribution is 6.09. The van der Waals surface area contributed by atoms with Crippen molar-refractivity contribution < 1.29 is 38.4 Å². The average molecular weight is 577 g/mol. The maximum absolute atomic E-state index is 14.7. The molecule has 0 amide bonds. The molecule has 1 aromatic carbocycles. The van der Waals surface area contributed by atoms with Crippen LogP contribution in [0.1, 0.15) is 89.2 Å². The van der Waals surface area contributed by atoms with Gasteiger partial charge in [0.25, 0.3) is 0 Å². The van der Waals surface area contributed by atoms with Crippen LogP contribution >= 0.6 is 0 Å². The van der Waals surface area contributed by atoms with Crippen LogP contribution in [-0.4, -0.2) is 52.2 Å². The lowest BCUT2D eigenvalue weighted by atomic mass is 9.46. The molecule has 3 saturated carbocycles. The molecule has 4 fully saturated rings. The van der Waals surface area contributed by atoms with Crippen molar-refractivity contribution in [2.24, 2.45) is 17.8 Å². The molecule has 1 spiro atoms. The van der Waals surface area contributed by atoms with Crippen molar-refractivity contribution in [1.29, 1.82) is 0 Å². The SMILES string of the molecule is COC(=O)C(C)=CC[C@@]12OC(C)(C)[C@@H]3C[C@@H](CC4C(=O)c5c(O)c6c(c(CC=C(C)C)c5O[C@]431)OC(C)(C)C=C6)C2=O. The number of carbonyl (C=O) groups excluding carboxylic acids is 3. The molecule has 7 rings (SSSR count). The van der Waals surface area contributed by atoms with E-state index in [9.17, 15) is 19.5 Å². The fraction of sp³-hybridized carbons (Fsp3) is 0.559. The summed E-state index contributed by atoms with van der Waals surface area (Å²) in [4.78, 5) is 41.3. The highest BCUT2D eigenvalue weighted by Gasteiger charge is 2.83. The van der Waals surface area contributed by atoms with Crippen LogP contribution in [0.15, 0.2) is 29.4 Å². The van der Waals surface area contributed by atoms with Crippen molar-refractivity contribution in [3.05, 3.63) is 46.1 Å². The first-order valence-electron chi connectivity index (χ1n) is 14.8. The van der Waals surface area contributed by atoms with Crippen LogP contribution in [0.3, 0.4) is 0 Å².